The minimum Gasteiger partial charge on any atom is -0.463 e. The number of aryl methyl sites for hydroxylation is 1. The number of rotatable bonds is 12. The van der Waals surface area contributed by atoms with Gasteiger partial charge >= 0.3 is 5.97 Å². The second-order valence-corrected chi connectivity index (χ2v) is 8.73. The second kappa shape index (κ2) is 13.5. The zero-order chi connectivity index (χ0) is 22.6. The van der Waals surface area contributed by atoms with Crippen molar-refractivity contribution >= 4 is 5.97 Å². The van der Waals surface area contributed by atoms with Crippen LogP contribution >= 0.6 is 0 Å². The summed E-state index contributed by atoms with van der Waals surface area (Å²) in [6, 6.07) is 10.0. The summed E-state index contributed by atoms with van der Waals surface area (Å²) in [7, 11) is 0. The topological polar surface area (TPSA) is 87.0 Å². The first-order valence-electron chi connectivity index (χ1n) is 11.5. The largest absolute Gasteiger partial charge is 0.463 e. The van der Waals surface area contributed by atoms with Crippen molar-refractivity contribution in [1.82, 2.24) is 0 Å². The van der Waals surface area contributed by atoms with Crippen molar-refractivity contribution in [3.8, 4) is 0 Å². The lowest BCUT2D eigenvalue weighted by Gasteiger charge is -2.19. The average molecular weight is 431 g/mol. The Morgan fingerprint density at radius 2 is 1.90 bits per heavy atom. The van der Waals surface area contributed by atoms with Crippen molar-refractivity contribution in [2.24, 2.45) is 11.8 Å². The van der Waals surface area contributed by atoms with Crippen LogP contribution in [-0.2, 0) is 16.0 Å². The molecule has 1 aromatic carbocycles. The molecule has 0 saturated heterocycles. The summed E-state index contributed by atoms with van der Waals surface area (Å²) in [5.41, 5.74) is 1.19. The van der Waals surface area contributed by atoms with Gasteiger partial charge in [0.05, 0.1) is 24.4 Å². The van der Waals surface area contributed by atoms with Crippen molar-refractivity contribution in [3.63, 3.8) is 0 Å². The van der Waals surface area contributed by atoms with E-state index in [1.165, 1.54) is 5.56 Å². The Bertz CT molecular complexity index is 697. The van der Waals surface area contributed by atoms with Crippen molar-refractivity contribution < 1.29 is 24.9 Å². The van der Waals surface area contributed by atoms with Crippen LogP contribution < -0.4 is 0 Å². The zero-order valence-electron chi connectivity index (χ0n) is 18.8. The van der Waals surface area contributed by atoms with Gasteiger partial charge in [0.2, 0.25) is 0 Å². The zero-order valence-corrected chi connectivity index (χ0v) is 18.8. The lowest BCUT2D eigenvalue weighted by molar-refractivity contribution is -0.147. The van der Waals surface area contributed by atoms with Crippen LogP contribution in [-0.4, -0.2) is 45.7 Å². The van der Waals surface area contributed by atoms with Crippen molar-refractivity contribution in [3.05, 3.63) is 60.2 Å². The van der Waals surface area contributed by atoms with Crippen molar-refractivity contribution in [2.75, 3.05) is 0 Å². The summed E-state index contributed by atoms with van der Waals surface area (Å²) in [6.45, 7) is 3.68. The summed E-state index contributed by atoms with van der Waals surface area (Å²) < 4.78 is 5.11. The van der Waals surface area contributed by atoms with Gasteiger partial charge in [-0.25, -0.2) is 0 Å². The molecule has 31 heavy (non-hydrogen) atoms. The predicted octanol–water partition coefficient (Wildman–Crippen LogP) is 3.96. The first-order chi connectivity index (χ1) is 14.9. The van der Waals surface area contributed by atoms with Gasteiger partial charge in [-0.15, -0.1) is 0 Å². The maximum absolute atomic E-state index is 11.5. The highest BCUT2D eigenvalue weighted by Crippen LogP contribution is 2.36. The summed E-state index contributed by atoms with van der Waals surface area (Å²) in [5, 5.41) is 31.0. The molecule has 3 unspecified atom stereocenters. The highest BCUT2D eigenvalue weighted by atomic mass is 16.5. The highest BCUT2D eigenvalue weighted by molar-refractivity contribution is 5.69. The number of aliphatic hydroxyl groups is 3. The highest BCUT2D eigenvalue weighted by Gasteiger charge is 2.39. The minimum absolute atomic E-state index is 0.0743. The van der Waals surface area contributed by atoms with Gasteiger partial charge in [0, 0.05) is 18.8 Å². The van der Waals surface area contributed by atoms with Gasteiger partial charge in [-0.05, 0) is 57.4 Å². The van der Waals surface area contributed by atoms with E-state index in [1.807, 2.05) is 62.4 Å². The standard InChI is InChI=1S/C26H38O5/c1-19(2)31-26(30)13-9-4-3-8-12-22-23(25(29)18-24(22)28)17-16-21(27)15-14-20-10-6-5-7-11-20/h3,5-8,10-11,16-17,19,21-25,27-29H,4,9,12-15,18H2,1-2H3/b8-3-,17-16+/t21?,22-,23-,24?,25?/m1/s1. The molecule has 1 aromatic rings. The third kappa shape index (κ3) is 9.38. The fourth-order valence-electron chi connectivity index (χ4n) is 4.08. The van der Waals surface area contributed by atoms with Crippen LogP contribution in [0.15, 0.2) is 54.6 Å². The lowest BCUT2D eigenvalue weighted by Crippen LogP contribution is -2.20. The van der Waals surface area contributed by atoms with Crippen LogP contribution in [0.5, 0.6) is 0 Å². The number of allylic oxidation sites excluding steroid dienone is 2. The van der Waals surface area contributed by atoms with E-state index in [9.17, 15) is 20.1 Å². The summed E-state index contributed by atoms with van der Waals surface area (Å²) >= 11 is 0. The molecule has 5 nitrogen and oxygen atoms in total. The molecule has 1 aliphatic rings. The molecule has 3 N–H and O–H groups in total. The molecule has 0 aromatic heterocycles. The fourth-order valence-corrected chi connectivity index (χ4v) is 4.08. The number of hydrogen-bond donors (Lipinski definition) is 3. The van der Waals surface area contributed by atoms with E-state index in [0.717, 1.165) is 19.3 Å². The van der Waals surface area contributed by atoms with E-state index in [0.29, 0.717) is 25.7 Å². The van der Waals surface area contributed by atoms with Crippen LogP contribution in [0.2, 0.25) is 0 Å². The first-order valence-corrected chi connectivity index (χ1v) is 11.5. The number of carbonyl (C=O) groups is 1. The third-order valence-corrected chi connectivity index (χ3v) is 5.74. The Balaban J connectivity index is 1.77. The quantitative estimate of drug-likeness (QED) is 0.265. The Hall–Kier alpha value is -1.95. The number of ether oxygens (including phenoxy) is 1. The Labute approximate surface area is 186 Å². The Morgan fingerprint density at radius 1 is 1.16 bits per heavy atom. The van der Waals surface area contributed by atoms with Crippen molar-refractivity contribution in [2.45, 2.75) is 83.2 Å². The molecule has 0 amide bonds. The van der Waals surface area contributed by atoms with E-state index >= 15 is 0 Å². The second-order valence-electron chi connectivity index (χ2n) is 8.73. The van der Waals surface area contributed by atoms with Gasteiger partial charge in [0.1, 0.15) is 0 Å². The molecule has 1 saturated carbocycles. The minimum atomic E-state index is -0.600. The molecular weight excluding hydrogens is 392 g/mol. The molecule has 0 aliphatic heterocycles. The van der Waals surface area contributed by atoms with Gasteiger partial charge < -0.3 is 20.1 Å². The fraction of sp³-hybridized carbons (Fsp3) is 0.577. The van der Waals surface area contributed by atoms with Gasteiger partial charge in [0.15, 0.2) is 0 Å². The molecule has 0 radical (unpaired) electrons. The van der Waals surface area contributed by atoms with Crippen molar-refractivity contribution in [1.29, 1.82) is 0 Å². The van der Waals surface area contributed by atoms with Crippen LogP contribution in [0.1, 0.15) is 57.9 Å². The number of unbranched alkanes of at least 4 members (excludes halogenated alkanes) is 1. The number of benzene rings is 1. The van der Waals surface area contributed by atoms with Crippen LogP contribution in [0.4, 0.5) is 0 Å². The van der Waals surface area contributed by atoms with E-state index < -0.39 is 18.3 Å². The van der Waals surface area contributed by atoms with E-state index in [4.69, 9.17) is 4.74 Å². The summed E-state index contributed by atoms with van der Waals surface area (Å²) in [4.78, 5) is 11.5. The molecular formula is C26H38O5. The molecule has 5 heteroatoms. The van der Waals surface area contributed by atoms with E-state index in [-0.39, 0.29) is 23.9 Å². The summed E-state index contributed by atoms with van der Waals surface area (Å²) in [5.74, 6) is -0.421. The van der Waals surface area contributed by atoms with Gasteiger partial charge in [-0.1, -0.05) is 54.6 Å². The molecule has 1 fully saturated rings. The monoisotopic (exact) mass is 430 g/mol. The number of esters is 1. The molecule has 2 rings (SSSR count). The maximum Gasteiger partial charge on any atom is 0.306 e. The molecule has 5 atom stereocenters. The molecule has 0 heterocycles. The van der Waals surface area contributed by atoms with E-state index in [1.54, 1.807) is 6.08 Å². The molecule has 172 valence electrons. The summed E-state index contributed by atoms with van der Waals surface area (Å²) in [6.07, 6.45) is 10.2. The number of hydrogen-bond acceptors (Lipinski definition) is 5. The van der Waals surface area contributed by atoms with Crippen LogP contribution in [0.25, 0.3) is 0 Å². The number of aliphatic hydroxyl groups excluding tert-OH is 3. The Morgan fingerprint density at radius 3 is 2.61 bits per heavy atom. The smallest absolute Gasteiger partial charge is 0.306 e. The van der Waals surface area contributed by atoms with Crippen LogP contribution in [0, 0.1) is 11.8 Å². The normalized spacial score (nSPS) is 25.0. The first kappa shape index (κ1) is 25.3. The maximum atomic E-state index is 11.5. The third-order valence-electron chi connectivity index (χ3n) is 5.74. The van der Waals surface area contributed by atoms with Gasteiger partial charge in [-0.3, -0.25) is 4.79 Å². The lowest BCUT2D eigenvalue weighted by atomic mass is 9.89. The molecule has 0 bridgehead atoms. The SMILES string of the molecule is CC(C)OC(=O)CCC/C=C\C[C@H]1C(O)CC(O)[C@@H]1/C=C/C(O)CCc1ccccc1. The Kier molecular flexibility index (Phi) is 11.0. The molecule has 1 aliphatic carbocycles. The van der Waals surface area contributed by atoms with Gasteiger partial charge in [0.25, 0.3) is 0 Å². The number of carbonyl (C=O) groups excluding carboxylic acids is 1. The van der Waals surface area contributed by atoms with Gasteiger partial charge in [-0.2, -0.15) is 0 Å². The molecule has 0 spiro atoms. The average Bonchev–Trinajstić information content (AvgIpc) is 3.00. The van der Waals surface area contributed by atoms with Crippen LogP contribution in [0.3, 0.4) is 0 Å². The predicted molar refractivity (Wildman–Crippen MR) is 122 cm³/mol. The van der Waals surface area contributed by atoms with E-state index in [2.05, 4.69) is 0 Å².